The van der Waals surface area contributed by atoms with Gasteiger partial charge in [0.15, 0.2) is 0 Å². The number of rotatable bonds is 6. The molecule has 0 heterocycles. The van der Waals surface area contributed by atoms with Gasteiger partial charge < -0.3 is 5.73 Å². The first-order valence-electron chi connectivity index (χ1n) is 7.73. The molecule has 20 heavy (non-hydrogen) atoms. The van der Waals surface area contributed by atoms with Gasteiger partial charge in [-0.25, -0.2) is 0 Å². The summed E-state index contributed by atoms with van der Waals surface area (Å²) in [4.78, 5) is 21.8. The minimum atomic E-state index is -0.176. The van der Waals surface area contributed by atoms with Gasteiger partial charge in [0.25, 0.3) is 0 Å². The molecule has 0 bridgehead atoms. The van der Waals surface area contributed by atoms with Crippen LogP contribution in [0.1, 0.15) is 63.7 Å². The number of carbonyl (C=O) groups is 2. The van der Waals surface area contributed by atoms with E-state index in [9.17, 15) is 9.59 Å². The fourth-order valence-corrected chi connectivity index (χ4v) is 3.14. The number of hydrogen-bond acceptors (Lipinski definition) is 2. The Morgan fingerprint density at radius 1 is 0.700 bits per heavy atom. The van der Waals surface area contributed by atoms with Crippen molar-refractivity contribution >= 4 is 11.7 Å². The third-order valence-electron chi connectivity index (χ3n) is 3.67. The van der Waals surface area contributed by atoms with Crippen LogP contribution in [-0.4, -0.2) is 11.7 Å². The van der Waals surface area contributed by atoms with Crippen LogP contribution in [0.2, 0.25) is 0 Å². The van der Waals surface area contributed by atoms with Gasteiger partial charge in [-0.15, -0.1) is 0 Å². The summed E-state index contributed by atoms with van der Waals surface area (Å²) in [6.45, 7) is 18.2. The highest BCUT2D eigenvalue weighted by Crippen LogP contribution is 2.21. The summed E-state index contributed by atoms with van der Waals surface area (Å²) in [5.74, 6) is 2.11. The first-order chi connectivity index (χ1) is 8.93. The third kappa shape index (κ3) is 8.34. The van der Waals surface area contributed by atoms with Crippen molar-refractivity contribution in [3.63, 3.8) is 0 Å². The molecule has 0 radical (unpaired) electrons. The van der Waals surface area contributed by atoms with Crippen LogP contribution >= 0.6 is 0 Å². The quantitative estimate of drug-likeness (QED) is 0.797. The standard InChI is InChI=1S/C9H18O.C8H17NO.H2/c1-6(2)9(7(3)4)8(5)10;1-5(2)7(6(3)4)8(9)10;/h6-7,9H,1-5H3;5-7H,1-4H3,(H2,9,10);1H. The van der Waals surface area contributed by atoms with E-state index < -0.39 is 0 Å². The van der Waals surface area contributed by atoms with Crippen molar-refractivity contribution in [1.82, 2.24) is 0 Å². The Labute approximate surface area is 127 Å². The van der Waals surface area contributed by atoms with Crippen molar-refractivity contribution in [2.45, 2.75) is 62.3 Å². The lowest BCUT2D eigenvalue weighted by molar-refractivity contribution is -0.125. The maximum Gasteiger partial charge on any atom is 0.221 e. The van der Waals surface area contributed by atoms with Gasteiger partial charge in [-0.05, 0) is 30.6 Å². The minimum absolute atomic E-state index is 0. The molecule has 122 valence electrons. The van der Waals surface area contributed by atoms with Gasteiger partial charge in [-0.1, -0.05) is 55.4 Å². The van der Waals surface area contributed by atoms with Crippen molar-refractivity contribution in [3.05, 3.63) is 0 Å². The van der Waals surface area contributed by atoms with Crippen molar-refractivity contribution < 1.29 is 11.0 Å². The highest BCUT2D eigenvalue weighted by molar-refractivity contribution is 5.78. The van der Waals surface area contributed by atoms with E-state index in [-0.39, 0.29) is 19.2 Å². The molecule has 0 saturated carbocycles. The van der Waals surface area contributed by atoms with Crippen LogP contribution in [0.25, 0.3) is 0 Å². The maximum absolute atomic E-state index is 11.0. The molecule has 0 aromatic heterocycles. The Bertz CT molecular complexity index is 253. The topological polar surface area (TPSA) is 60.2 Å². The molecule has 0 fully saturated rings. The summed E-state index contributed by atoms with van der Waals surface area (Å²) in [6.07, 6.45) is 0. The van der Waals surface area contributed by atoms with Crippen LogP contribution in [-0.2, 0) is 9.59 Å². The molecular formula is C17H37NO2. The molecule has 0 rings (SSSR count). The highest BCUT2D eigenvalue weighted by atomic mass is 16.1. The van der Waals surface area contributed by atoms with Gasteiger partial charge in [-0.3, -0.25) is 9.59 Å². The maximum atomic E-state index is 11.0. The van der Waals surface area contributed by atoms with Gasteiger partial charge in [0, 0.05) is 13.3 Å². The lowest BCUT2D eigenvalue weighted by Gasteiger charge is -2.21. The number of primary amides is 1. The van der Waals surface area contributed by atoms with E-state index in [1.165, 1.54) is 0 Å². The van der Waals surface area contributed by atoms with Crippen molar-refractivity contribution in [2.24, 2.45) is 41.2 Å². The Morgan fingerprint density at radius 3 is 0.950 bits per heavy atom. The highest BCUT2D eigenvalue weighted by Gasteiger charge is 2.22. The van der Waals surface area contributed by atoms with E-state index in [1.807, 2.05) is 27.7 Å². The zero-order valence-corrected chi connectivity index (χ0v) is 14.9. The summed E-state index contributed by atoms with van der Waals surface area (Å²) in [5, 5.41) is 0. The molecule has 0 saturated heterocycles. The van der Waals surface area contributed by atoms with Gasteiger partial charge in [0.05, 0.1) is 0 Å². The predicted octanol–water partition coefficient (Wildman–Crippen LogP) is 4.15. The Hall–Kier alpha value is -0.860. The largest absolute Gasteiger partial charge is 0.369 e. The summed E-state index contributed by atoms with van der Waals surface area (Å²) in [5.41, 5.74) is 5.20. The molecule has 0 unspecified atom stereocenters. The molecule has 0 atom stereocenters. The minimum Gasteiger partial charge on any atom is -0.369 e. The van der Waals surface area contributed by atoms with E-state index in [4.69, 9.17) is 5.73 Å². The zero-order chi connectivity index (χ0) is 16.6. The number of carbonyl (C=O) groups excluding carboxylic acids is 2. The van der Waals surface area contributed by atoms with Gasteiger partial charge in [0.2, 0.25) is 5.91 Å². The Kier molecular flexibility index (Phi) is 10.7. The van der Waals surface area contributed by atoms with E-state index >= 15 is 0 Å². The number of ketones is 1. The summed E-state index contributed by atoms with van der Waals surface area (Å²) >= 11 is 0. The van der Waals surface area contributed by atoms with E-state index in [0.29, 0.717) is 29.5 Å². The third-order valence-corrected chi connectivity index (χ3v) is 3.67. The monoisotopic (exact) mass is 287 g/mol. The molecule has 0 aromatic carbocycles. The van der Waals surface area contributed by atoms with E-state index in [1.54, 1.807) is 6.92 Å². The normalized spacial score (nSPS) is 11.6. The number of hydrogen-bond donors (Lipinski definition) is 1. The molecule has 0 aliphatic carbocycles. The van der Waals surface area contributed by atoms with Crippen LogP contribution in [0, 0.1) is 35.5 Å². The zero-order valence-electron chi connectivity index (χ0n) is 14.9. The van der Waals surface area contributed by atoms with Gasteiger partial charge in [0.1, 0.15) is 5.78 Å². The summed E-state index contributed by atoms with van der Waals surface area (Å²) < 4.78 is 0. The lowest BCUT2D eigenvalue weighted by atomic mass is 9.83. The van der Waals surface area contributed by atoms with Crippen LogP contribution in [0.4, 0.5) is 0 Å². The smallest absolute Gasteiger partial charge is 0.221 e. The van der Waals surface area contributed by atoms with Crippen LogP contribution in [0.3, 0.4) is 0 Å². The molecular weight excluding hydrogens is 250 g/mol. The number of Topliss-reactive ketones (excluding diaryl/α,β-unsaturated/α-hetero) is 1. The molecule has 2 N–H and O–H groups in total. The summed E-state index contributed by atoms with van der Waals surface area (Å²) in [7, 11) is 0. The Balaban J connectivity index is -0.000000295. The average molecular weight is 287 g/mol. The molecule has 0 aliphatic rings. The molecule has 0 aliphatic heterocycles. The second kappa shape index (κ2) is 9.95. The number of nitrogens with two attached hydrogens (primary N) is 1. The van der Waals surface area contributed by atoms with Crippen LogP contribution in [0.15, 0.2) is 0 Å². The molecule has 3 nitrogen and oxygen atoms in total. The van der Waals surface area contributed by atoms with Crippen molar-refractivity contribution in [1.29, 1.82) is 0 Å². The lowest BCUT2D eigenvalue weighted by Crippen LogP contribution is -2.31. The second-order valence-corrected chi connectivity index (χ2v) is 7.04. The fraction of sp³-hybridized carbons (Fsp3) is 0.882. The van der Waals surface area contributed by atoms with Crippen molar-refractivity contribution in [3.8, 4) is 0 Å². The van der Waals surface area contributed by atoms with Gasteiger partial charge >= 0.3 is 0 Å². The average Bonchev–Trinajstić information content (AvgIpc) is 2.12. The molecule has 0 spiro atoms. The van der Waals surface area contributed by atoms with Crippen LogP contribution < -0.4 is 5.73 Å². The predicted molar refractivity (Wildman–Crippen MR) is 88.3 cm³/mol. The molecule has 0 aromatic rings. The van der Waals surface area contributed by atoms with Gasteiger partial charge in [-0.2, -0.15) is 0 Å². The first kappa shape index (κ1) is 21.4. The van der Waals surface area contributed by atoms with E-state index in [2.05, 4.69) is 27.7 Å². The molecule has 1 amide bonds. The molecule has 3 heteroatoms. The second-order valence-electron chi connectivity index (χ2n) is 7.04. The SMILES string of the molecule is CC(=O)C(C(C)C)C(C)C.CC(C)C(C(N)=O)C(C)C.[HH]. The fourth-order valence-electron chi connectivity index (χ4n) is 3.14. The first-order valence-corrected chi connectivity index (χ1v) is 7.73. The van der Waals surface area contributed by atoms with Crippen LogP contribution in [0.5, 0.6) is 0 Å². The van der Waals surface area contributed by atoms with Crippen molar-refractivity contribution in [2.75, 3.05) is 0 Å². The summed E-state index contributed by atoms with van der Waals surface area (Å²) in [6, 6.07) is 0. The number of amides is 1. The van der Waals surface area contributed by atoms with E-state index in [0.717, 1.165) is 0 Å². The Morgan fingerprint density at radius 2 is 0.950 bits per heavy atom.